The Morgan fingerprint density at radius 2 is 1.86 bits per heavy atom. The first-order valence-corrected chi connectivity index (χ1v) is 13.3. The van der Waals surface area contributed by atoms with Crippen LogP contribution in [0.1, 0.15) is 33.3 Å². The van der Waals surface area contributed by atoms with Gasteiger partial charge in [0, 0.05) is 0 Å². The van der Waals surface area contributed by atoms with Crippen molar-refractivity contribution < 1.29 is 28.1 Å². The topological polar surface area (TPSA) is 153 Å². The molecule has 1 unspecified atom stereocenters. The molecule has 0 saturated carbocycles. The molecule has 3 atom stereocenters. The van der Waals surface area contributed by atoms with Crippen molar-refractivity contribution in [2.45, 2.75) is 59.1 Å². The summed E-state index contributed by atoms with van der Waals surface area (Å²) in [5.74, 6) is 0.449. The van der Waals surface area contributed by atoms with Crippen LogP contribution in [-0.2, 0) is 36.5 Å². The number of nitrogens with one attached hydrogen (secondary N) is 1. The molecule has 0 amide bonds. The van der Waals surface area contributed by atoms with Crippen molar-refractivity contribution in [3.63, 3.8) is 0 Å². The molecule has 0 aliphatic heterocycles. The van der Waals surface area contributed by atoms with Gasteiger partial charge in [0.05, 0.1) is 38.8 Å². The fraction of sp³-hybridized carbons (Fsp3) is 0.478. The molecule has 0 aliphatic rings. The Labute approximate surface area is 210 Å². The molecular formula is C23H33N6O6P. The second kappa shape index (κ2) is 12.3. The largest absolute Gasteiger partial charge is 0.497 e. The van der Waals surface area contributed by atoms with Crippen molar-refractivity contribution in [3.05, 3.63) is 42.5 Å². The molecule has 36 heavy (non-hydrogen) atoms. The van der Waals surface area contributed by atoms with Gasteiger partial charge in [-0.15, -0.1) is 0 Å². The van der Waals surface area contributed by atoms with E-state index < -0.39 is 25.6 Å². The van der Waals surface area contributed by atoms with Crippen LogP contribution >= 0.6 is 7.52 Å². The zero-order valence-electron chi connectivity index (χ0n) is 21.1. The minimum atomic E-state index is -3.63. The summed E-state index contributed by atoms with van der Waals surface area (Å²) in [6, 6.07) is 6.31. The van der Waals surface area contributed by atoms with Crippen molar-refractivity contribution in [2.75, 3.05) is 19.2 Å². The molecule has 3 rings (SSSR count). The van der Waals surface area contributed by atoms with Gasteiger partial charge in [0.2, 0.25) is 0 Å². The number of hydrogen-bond acceptors (Lipinski definition) is 10. The first-order chi connectivity index (χ1) is 17.1. The van der Waals surface area contributed by atoms with Crippen molar-refractivity contribution in [1.82, 2.24) is 24.6 Å². The summed E-state index contributed by atoms with van der Waals surface area (Å²) in [5, 5.41) is 2.80. The number of methoxy groups -OCH3 is 1. The molecule has 3 N–H and O–H groups in total. The van der Waals surface area contributed by atoms with Gasteiger partial charge < -0.3 is 29.0 Å². The Morgan fingerprint density at radius 3 is 2.53 bits per heavy atom. The molecule has 3 aromatic rings. The first-order valence-electron chi connectivity index (χ1n) is 11.5. The van der Waals surface area contributed by atoms with E-state index in [2.05, 4.69) is 20.0 Å². The number of carbonyl (C=O) groups is 1. The maximum atomic E-state index is 13.7. The number of rotatable bonds is 13. The van der Waals surface area contributed by atoms with Gasteiger partial charge >= 0.3 is 5.97 Å². The van der Waals surface area contributed by atoms with Gasteiger partial charge in [0.15, 0.2) is 11.5 Å². The highest BCUT2D eigenvalue weighted by Crippen LogP contribution is 2.44. The summed E-state index contributed by atoms with van der Waals surface area (Å²) >= 11 is 0. The van der Waals surface area contributed by atoms with Gasteiger partial charge in [-0.3, -0.25) is 9.36 Å². The summed E-state index contributed by atoms with van der Waals surface area (Å²) < 4.78 is 37.6. The van der Waals surface area contributed by atoms with E-state index >= 15 is 0 Å². The standard InChI is InChI=1S/C23H33N6O6P/c1-15(2)35-23(30)17(4)28-36(31,34-11-18-6-8-19(32-5)9-7-18)14-33-16(3)10-29-13-27-20-21(24)25-12-26-22(20)29/h6-9,12-13,15-17H,10-11,14H2,1-5H3,(H,28,31)(H2,24,25,26)/t16-,17+,36?/m1/s1. The van der Waals surface area contributed by atoms with Gasteiger partial charge in [0.1, 0.15) is 30.0 Å². The highest BCUT2D eigenvalue weighted by Gasteiger charge is 2.31. The number of imidazole rings is 1. The van der Waals surface area contributed by atoms with Crippen molar-refractivity contribution in [2.24, 2.45) is 0 Å². The molecule has 0 saturated heterocycles. The van der Waals surface area contributed by atoms with Gasteiger partial charge in [-0.25, -0.2) is 20.0 Å². The second-order valence-corrected chi connectivity index (χ2v) is 10.7. The van der Waals surface area contributed by atoms with Gasteiger partial charge in [-0.1, -0.05) is 12.1 Å². The van der Waals surface area contributed by atoms with E-state index in [1.807, 2.05) is 6.92 Å². The molecule has 0 spiro atoms. The average molecular weight is 521 g/mol. The van der Waals surface area contributed by atoms with E-state index in [1.54, 1.807) is 63.0 Å². The van der Waals surface area contributed by atoms with Gasteiger partial charge in [-0.2, -0.15) is 0 Å². The van der Waals surface area contributed by atoms with Gasteiger partial charge in [0.25, 0.3) is 7.52 Å². The van der Waals surface area contributed by atoms with Gasteiger partial charge in [-0.05, 0) is 45.4 Å². The lowest BCUT2D eigenvalue weighted by Crippen LogP contribution is -2.36. The van der Waals surface area contributed by atoms with Crippen molar-refractivity contribution in [3.8, 4) is 5.75 Å². The molecule has 2 heterocycles. The lowest BCUT2D eigenvalue weighted by molar-refractivity contribution is -0.149. The Kier molecular flexibility index (Phi) is 9.38. The average Bonchev–Trinajstić information content (AvgIpc) is 3.25. The number of nitrogens with two attached hydrogens (primary N) is 1. The highest BCUT2D eigenvalue weighted by molar-refractivity contribution is 7.56. The van der Waals surface area contributed by atoms with E-state index in [0.29, 0.717) is 23.5 Å². The van der Waals surface area contributed by atoms with Crippen LogP contribution in [0.5, 0.6) is 5.75 Å². The number of nitrogen functional groups attached to an aromatic ring is 1. The first kappa shape index (κ1) is 27.5. The molecule has 196 valence electrons. The molecule has 12 nitrogen and oxygen atoms in total. The summed E-state index contributed by atoms with van der Waals surface area (Å²) in [5.41, 5.74) is 7.70. The predicted molar refractivity (Wildman–Crippen MR) is 134 cm³/mol. The molecule has 1 aromatic carbocycles. The Hall–Kier alpha value is -3.05. The van der Waals surface area contributed by atoms with Crippen LogP contribution in [-0.4, -0.2) is 57.2 Å². The van der Waals surface area contributed by atoms with E-state index in [9.17, 15) is 9.36 Å². The van der Waals surface area contributed by atoms with E-state index in [1.165, 1.54) is 6.33 Å². The normalized spacial score (nSPS) is 14.9. The molecule has 0 bridgehead atoms. The maximum Gasteiger partial charge on any atom is 0.323 e. The number of carbonyl (C=O) groups excluding carboxylic acids is 1. The zero-order valence-corrected chi connectivity index (χ0v) is 22.0. The Balaban J connectivity index is 1.68. The number of ether oxygens (including phenoxy) is 3. The fourth-order valence-corrected chi connectivity index (χ4v) is 5.01. The number of fused-ring (bicyclic) bond motifs is 1. The van der Waals surface area contributed by atoms with Crippen LogP contribution in [0.4, 0.5) is 5.82 Å². The molecule has 0 radical (unpaired) electrons. The molecular weight excluding hydrogens is 487 g/mol. The molecule has 2 aromatic heterocycles. The third kappa shape index (κ3) is 7.47. The number of nitrogens with zero attached hydrogens (tertiary/aromatic N) is 4. The Bertz CT molecular complexity index is 1200. The van der Waals surface area contributed by atoms with Crippen LogP contribution in [0.25, 0.3) is 11.2 Å². The van der Waals surface area contributed by atoms with Crippen LogP contribution in [0.15, 0.2) is 36.9 Å². The molecule has 0 aliphatic carbocycles. The van der Waals surface area contributed by atoms with E-state index in [0.717, 1.165) is 5.56 Å². The minimum Gasteiger partial charge on any atom is -0.497 e. The third-order valence-corrected chi connectivity index (χ3v) is 6.92. The fourth-order valence-electron chi connectivity index (χ4n) is 3.28. The molecule has 13 heteroatoms. The summed E-state index contributed by atoms with van der Waals surface area (Å²) in [6.45, 7) is 7.29. The van der Waals surface area contributed by atoms with E-state index in [-0.39, 0.29) is 24.9 Å². The number of esters is 1. The van der Waals surface area contributed by atoms with E-state index in [4.69, 9.17) is 24.5 Å². The summed E-state index contributed by atoms with van der Waals surface area (Å²) in [6.07, 6.45) is 1.99. The summed E-state index contributed by atoms with van der Waals surface area (Å²) in [7, 11) is -2.05. The van der Waals surface area contributed by atoms with Crippen molar-refractivity contribution >= 4 is 30.5 Å². The molecule has 0 fully saturated rings. The second-order valence-electron chi connectivity index (χ2n) is 8.57. The highest BCUT2D eigenvalue weighted by atomic mass is 31.2. The predicted octanol–water partition coefficient (Wildman–Crippen LogP) is 3.12. The van der Waals surface area contributed by atoms with Crippen LogP contribution in [0.3, 0.4) is 0 Å². The monoisotopic (exact) mass is 520 g/mol. The minimum absolute atomic E-state index is 0.0420. The smallest absolute Gasteiger partial charge is 0.323 e. The number of hydrogen-bond donors (Lipinski definition) is 2. The van der Waals surface area contributed by atoms with Crippen LogP contribution < -0.4 is 15.6 Å². The Morgan fingerprint density at radius 1 is 1.14 bits per heavy atom. The summed E-state index contributed by atoms with van der Waals surface area (Å²) in [4.78, 5) is 24.7. The number of anilines is 1. The SMILES string of the molecule is COc1ccc(COP(=O)(CO[C@H](C)Cn2cnc3c(N)ncnc32)N[C@@H](C)C(=O)OC(C)C)cc1. The number of benzene rings is 1. The maximum absolute atomic E-state index is 13.7. The third-order valence-electron chi connectivity index (χ3n) is 5.11. The van der Waals surface area contributed by atoms with Crippen LogP contribution in [0.2, 0.25) is 0 Å². The van der Waals surface area contributed by atoms with Crippen molar-refractivity contribution in [1.29, 1.82) is 0 Å². The lowest BCUT2D eigenvalue weighted by Gasteiger charge is -2.25. The van der Waals surface area contributed by atoms with Crippen LogP contribution in [0, 0.1) is 0 Å². The quantitative estimate of drug-likeness (QED) is 0.252. The zero-order chi connectivity index (χ0) is 26.3. The lowest BCUT2D eigenvalue weighted by atomic mass is 10.2. The number of aromatic nitrogens is 4.